The van der Waals surface area contributed by atoms with Crippen molar-refractivity contribution in [2.24, 2.45) is 7.05 Å². The first-order valence-electron chi connectivity index (χ1n) is 8.44. The van der Waals surface area contributed by atoms with Crippen LogP contribution < -0.4 is 5.32 Å². The highest BCUT2D eigenvalue weighted by atomic mass is 32.2. The zero-order valence-electron chi connectivity index (χ0n) is 15.1. The van der Waals surface area contributed by atoms with Crippen LogP contribution in [0.2, 0.25) is 0 Å². The lowest BCUT2D eigenvalue weighted by Crippen LogP contribution is -2.24. The normalized spacial score (nSPS) is 10.9. The quantitative estimate of drug-likeness (QED) is 0.646. The zero-order chi connectivity index (χ0) is 18.5. The van der Waals surface area contributed by atoms with E-state index in [2.05, 4.69) is 20.6 Å². The molecule has 0 saturated carbocycles. The van der Waals surface area contributed by atoms with Crippen LogP contribution in [0.4, 0.5) is 0 Å². The molecule has 0 bridgehead atoms. The summed E-state index contributed by atoms with van der Waals surface area (Å²) in [6, 6.07) is 8.12. The van der Waals surface area contributed by atoms with E-state index < -0.39 is 0 Å². The Morgan fingerprint density at radius 2 is 2.00 bits per heavy atom. The Kier molecular flexibility index (Phi) is 5.72. The van der Waals surface area contributed by atoms with E-state index in [1.54, 1.807) is 6.20 Å². The van der Waals surface area contributed by atoms with Gasteiger partial charge in [-0.25, -0.2) is 0 Å². The molecule has 0 fully saturated rings. The van der Waals surface area contributed by atoms with Gasteiger partial charge >= 0.3 is 0 Å². The second-order valence-electron chi connectivity index (χ2n) is 6.00. The summed E-state index contributed by atoms with van der Waals surface area (Å²) in [7, 11) is 1.89. The number of carbonyl (C=O) groups excluding carboxylic acids is 1. The minimum atomic E-state index is -0.0288. The van der Waals surface area contributed by atoms with Crippen LogP contribution in [0.15, 0.2) is 41.8 Å². The summed E-state index contributed by atoms with van der Waals surface area (Å²) in [6.07, 6.45) is 3.71. The van der Waals surface area contributed by atoms with Gasteiger partial charge in [-0.3, -0.25) is 9.48 Å². The molecule has 7 nitrogen and oxygen atoms in total. The predicted molar refractivity (Wildman–Crippen MR) is 102 cm³/mol. The van der Waals surface area contributed by atoms with Crippen molar-refractivity contribution in [2.45, 2.75) is 32.1 Å². The molecule has 0 atom stereocenters. The first-order valence-corrected chi connectivity index (χ1v) is 9.42. The standard InChI is InChI=1S/C18H22N6OS/c1-4-24-11-15(10-20-24)17-21-22-18(23(17)3)26-12-16(25)19-9-14-7-5-13(2)6-8-14/h5-8,10-11H,4,9,12H2,1-3H3,(H,19,25). The second-order valence-corrected chi connectivity index (χ2v) is 6.94. The van der Waals surface area contributed by atoms with Crippen LogP contribution >= 0.6 is 11.8 Å². The lowest BCUT2D eigenvalue weighted by atomic mass is 10.1. The third-order valence-corrected chi connectivity index (χ3v) is 5.01. The second kappa shape index (κ2) is 8.18. The van der Waals surface area contributed by atoms with Crippen LogP contribution in [0.3, 0.4) is 0 Å². The van der Waals surface area contributed by atoms with Crippen molar-refractivity contribution < 1.29 is 4.79 Å². The molecule has 0 aliphatic carbocycles. The molecule has 0 saturated heterocycles. The van der Waals surface area contributed by atoms with Gasteiger partial charge in [-0.05, 0) is 19.4 Å². The van der Waals surface area contributed by atoms with Gasteiger partial charge in [0.1, 0.15) is 0 Å². The number of rotatable bonds is 7. The molecule has 1 amide bonds. The highest BCUT2D eigenvalue weighted by Gasteiger charge is 2.14. The third-order valence-electron chi connectivity index (χ3n) is 3.99. The summed E-state index contributed by atoms with van der Waals surface area (Å²) in [5.74, 6) is 1.01. The number of thioether (sulfide) groups is 1. The fourth-order valence-electron chi connectivity index (χ4n) is 2.43. The Hall–Kier alpha value is -2.61. The summed E-state index contributed by atoms with van der Waals surface area (Å²) in [5, 5.41) is 16.3. The SMILES string of the molecule is CCn1cc(-c2nnc(SCC(=O)NCc3ccc(C)cc3)n2C)cn1. The van der Waals surface area contributed by atoms with E-state index in [9.17, 15) is 4.79 Å². The highest BCUT2D eigenvalue weighted by Crippen LogP contribution is 2.22. The molecule has 136 valence electrons. The van der Waals surface area contributed by atoms with Crippen LogP contribution in [0.1, 0.15) is 18.1 Å². The molecule has 0 radical (unpaired) electrons. The van der Waals surface area contributed by atoms with Gasteiger partial charge in [-0.1, -0.05) is 41.6 Å². The van der Waals surface area contributed by atoms with Crippen molar-refractivity contribution in [1.82, 2.24) is 29.9 Å². The summed E-state index contributed by atoms with van der Waals surface area (Å²) in [6.45, 7) is 5.41. The minimum absolute atomic E-state index is 0.0288. The van der Waals surface area contributed by atoms with Crippen molar-refractivity contribution in [3.05, 3.63) is 47.8 Å². The van der Waals surface area contributed by atoms with Crippen LogP contribution in [0, 0.1) is 6.92 Å². The zero-order valence-corrected chi connectivity index (χ0v) is 16.0. The van der Waals surface area contributed by atoms with E-state index >= 15 is 0 Å². The topological polar surface area (TPSA) is 77.6 Å². The van der Waals surface area contributed by atoms with Gasteiger partial charge in [0.15, 0.2) is 11.0 Å². The summed E-state index contributed by atoms with van der Waals surface area (Å²) in [5.41, 5.74) is 3.21. The third kappa shape index (κ3) is 4.32. The number of hydrogen-bond donors (Lipinski definition) is 1. The van der Waals surface area contributed by atoms with Crippen molar-refractivity contribution in [1.29, 1.82) is 0 Å². The number of hydrogen-bond acceptors (Lipinski definition) is 5. The number of nitrogens with one attached hydrogen (secondary N) is 1. The highest BCUT2D eigenvalue weighted by molar-refractivity contribution is 7.99. The van der Waals surface area contributed by atoms with E-state index in [-0.39, 0.29) is 5.91 Å². The van der Waals surface area contributed by atoms with Gasteiger partial charge < -0.3 is 9.88 Å². The van der Waals surface area contributed by atoms with Gasteiger partial charge in [0.25, 0.3) is 0 Å². The average molecular weight is 370 g/mol. The molecule has 1 aromatic carbocycles. The molecule has 0 spiro atoms. The molecule has 0 unspecified atom stereocenters. The monoisotopic (exact) mass is 370 g/mol. The smallest absolute Gasteiger partial charge is 0.230 e. The van der Waals surface area contributed by atoms with Gasteiger partial charge in [0.05, 0.1) is 17.5 Å². The first kappa shape index (κ1) is 18.2. The van der Waals surface area contributed by atoms with Crippen LogP contribution in [0.5, 0.6) is 0 Å². The molecule has 3 aromatic rings. The first-order chi connectivity index (χ1) is 12.6. The summed E-state index contributed by atoms with van der Waals surface area (Å²) in [4.78, 5) is 12.1. The summed E-state index contributed by atoms with van der Waals surface area (Å²) >= 11 is 1.37. The Balaban J connectivity index is 1.54. The van der Waals surface area contributed by atoms with E-state index in [0.29, 0.717) is 17.5 Å². The maximum absolute atomic E-state index is 12.1. The lowest BCUT2D eigenvalue weighted by Gasteiger charge is -2.06. The van der Waals surface area contributed by atoms with Crippen molar-refractivity contribution in [3.8, 4) is 11.4 Å². The number of amides is 1. The largest absolute Gasteiger partial charge is 0.351 e. The Bertz CT molecular complexity index is 883. The number of aromatic nitrogens is 5. The van der Waals surface area contributed by atoms with Gasteiger partial charge in [-0.15, -0.1) is 10.2 Å². The van der Waals surface area contributed by atoms with Crippen molar-refractivity contribution in [2.75, 3.05) is 5.75 Å². The average Bonchev–Trinajstić information content (AvgIpc) is 3.26. The summed E-state index contributed by atoms with van der Waals surface area (Å²) < 4.78 is 3.73. The number of nitrogens with zero attached hydrogens (tertiary/aromatic N) is 5. The van der Waals surface area contributed by atoms with Crippen molar-refractivity contribution >= 4 is 17.7 Å². The molecule has 8 heteroatoms. The molecule has 2 aromatic heterocycles. The Morgan fingerprint density at radius 1 is 1.23 bits per heavy atom. The number of carbonyl (C=O) groups is 1. The molecular formula is C18H22N6OS. The van der Waals surface area contributed by atoms with Gasteiger partial charge in [-0.2, -0.15) is 5.10 Å². The Labute approximate surface area is 156 Å². The molecular weight excluding hydrogens is 348 g/mol. The fraction of sp³-hybridized carbons (Fsp3) is 0.333. The minimum Gasteiger partial charge on any atom is -0.351 e. The van der Waals surface area contributed by atoms with E-state index in [4.69, 9.17) is 0 Å². The molecule has 0 aliphatic rings. The van der Waals surface area contributed by atoms with Crippen LogP contribution in [-0.4, -0.2) is 36.2 Å². The maximum Gasteiger partial charge on any atom is 0.230 e. The van der Waals surface area contributed by atoms with E-state index in [0.717, 1.165) is 23.5 Å². The predicted octanol–water partition coefficient (Wildman–Crippen LogP) is 2.42. The maximum atomic E-state index is 12.1. The number of aryl methyl sites for hydroxylation is 2. The van der Waals surface area contributed by atoms with Gasteiger partial charge in [0.2, 0.25) is 5.91 Å². The van der Waals surface area contributed by atoms with E-state index in [1.165, 1.54) is 17.3 Å². The van der Waals surface area contributed by atoms with Crippen molar-refractivity contribution in [3.63, 3.8) is 0 Å². The molecule has 2 heterocycles. The molecule has 1 N–H and O–H groups in total. The molecule has 3 rings (SSSR count). The van der Waals surface area contributed by atoms with Gasteiger partial charge in [0, 0.05) is 26.3 Å². The fourth-order valence-corrected chi connectivity index (χ4v) is 3.17. The lowest BCUT2D eigenvalue weighted by molar-refractivity contribution is -0.118. The van der Waals surface area contributed by atoms with E-state index in [1.807, 2.05) is 60.6 Å². The molecule has 26 heavy (non-hydrogen) atoms. The van der Waals surface area contributed by atoms with Crippen LogP contribution in [0.25, 0.3) is 11.4 Å². The van der Waals surface area contributed by atoms with Crippen LogP contribution in [-0.2, 0) is 24.9 Å². The number of benzene rings is 1. The molecule has 0 aliphatic heterocycles. The Morgan fingerprint density at radius 3 is 2.69 bits per heavy atom.